The molecular weight excluding hydrogens is 307 g/mol. The fourth-order valence-electron chi connectivity index (χ4n) is 1.63. The van der Waals surface area contributed by atoms with E-state index in [0.29, 0.717) is 5.56 Å². The van der Waals surface area contributed by atoms with Crippen LogP contribution >= 0.6 is 12.2 Å². The summed E-state index contributed by atoms with van der Waals surface area (Å²) < 4.78 is 13.4. The minimum atomic E-state index is -0.520. The topological polar surface area (TPSA) is 79.6 Å². The molecule has 8 heteroatoms. The van der Waals surface area contributed by atoms with E-state index in [1.54, 1.807) is 30.3 Å². The molecule has 0 unspecified atom stereocenters. The summed E-state index contributed by atoms with van der Waals surface area (Å²) >= 11 is 4.98. The molecule has 0 heterocycles. The van der Waals surface area contributed by atoms with Crippen LogP contribution in [0.25, 0.3) is 0 Å². The third kappa shape index (κ3) is 4.06. The highest BCUT2D eigenvalue weighted by atomic mass is 32.1. The van der Waals surface area contributed by atoms with Gasteiger partial charge in [-0.05, 0) is 24.4 Å². The van der Waals surface area contributed by atoms with Gasteiger partial charge >= 0.3 is 0 Å². The molecule has 112 valence electrons. The van der Waals surface area contributed by atoms with Crippen LogP contribution < -0.4 is 10.7 Å². The van der Waals surface area contributed by atoms with E-state index >= 15 is 0 Å². The Balaban J connectivity index is 2.00. The zero-order valence-corrected chi connectivity index (χ0v) is 12.0. The van der Waals surface area contributed by atoms with Crippen molar-refractivity contribution in [2.45, 2.75) is 0 Å². The number of halogens is 1. The molecule has 0 aliphatic heterocycles. The number of anilines is 1. The summed E-state index contributed by atoms with van der Waals surface area (Å²) in [7, 11) is 0. The Hall–Kier alpha value is -2.87. The average molecular weight is 318 g/mol. The quantitative estimate of drug-likeness (QED) is 0.392. The van der Waals surface area contributed by atoms with Gasteiger partial charge in [0.15, 0.2) is 5.11 Å². The maximum atomic E-state index is 13.4. The Morgan fingerprint density at radius 1 is 1.23 bits per heavy atom. The number of hydrogen-bond acceptors (Lipinski definition) is 4. The summed E-state index contributed by atoms with van der Waals surface area (Å²) in [6.07, 6.45) is 1.27. The number of thiocarbonyl (C=S) groups is 1. The van der Waals surface area contributed by atoms with Crippen LogP contribution in [0, 0.1) is 15.9 Å². The van der Waals surface area contributed by atoms with Gasteiger partial charge in [-0.25, -0.2) is 4.39 Å². The summed E-state index contributed by atoms with van der Waals surface area (Å²) in [5.41, 5.74) is 2.90. The van der Waals surface area contributed by atoms with Gasteiger partial charge in [-0.2, -0.15) is 5.10 Å². The van der Waals surface area contributed by atoms with Crippen molar-refractivity contribution in [2.75, 3.05) is 5.32 Å². The number of benzene rings is 2. The Kier molecular flexibility index (Phi) is 5.10. The summed E-state index contributed by atoms with van der Waals surface area (Å²) in [5, 5.41) is 17.4. The largest absolute Gasteiger partial charge is 0.326 e. The number of nitro groups is 1. The molecule has 0 fully saturated rings. The Morgan fingerprint density at radius 2 is 1.91 bits per heavy atom. The van der Waals surface area contributed by atoms with Crippen molar-refractivity contribution in [1.82, 2.24) is 5.43 Å². The Morgan fingerprint density at radius 3 is 2.64 bits per heavy atom. The van der Waals surface area contributed by atoms with E-state index in [0.717, 1.165) is 0 Å². The molecule has 0 aliphatic carbocycles. The number of nitro benzene ring substituents is 1. The highest BCUT2D eigenvalue weighted by Crippen LogP contribution is 2.22. The first-order chi connectivity index (χ1) is 10.6. The molecule has 6 nitrogen and oxygen atoms in total. The maximum absolute atomic E-state index is 13.4. The Bertz CT molecular complexity index is 736. The second-order valence-electron chi connectivity index (χ2n) is 4.12. The van der Waals surface area contributed by atoms with Crippen molar-refractivity contribution in [3.05, 3.63) is 70.0 Å². The summed E-state index contributed by atoms with van der Waals surface area (Å²) in [5.74, 6) is -0.411. The van der Waals surface area contributed by atoms with Crippen molar-refractivity contribution < 1.29 is 9.31 Å². The number of hydrazone groups is 1. The average Bonchev–Trinajstić information content (AvgIpc) is 2.49. The lowest BCUT2D eigenvalue weighted by Gasteiger charge is -2.07. The minimum absolute atomic E-state index is 0.0573. The first-order valence-corrected chi connectivity index (χ1v) is 6.57. The van der Waals surface area contributed by atoms with Gasteiger partial charge < -0.3 is 5.32 Å². The van der Waals surface area contributed by atoms with Crippen LogP contribution in [0.4, 0.5) is 15.8 Å². The third-order valence-electron chi connectivity index (χ3n) is 2.62. The van der Waals surface area contributed by atoms with Gasteiger partial charge in [-0.3, -0.25) is 15.5 Å². The molecule has 2 N–H and O–H groups in total. The Labute approximate surface area is 130 Å². The molecule has 0 spiro atoms. The molecule has 22 heavy (non-hydrogen) atoms. The van der Waals surface area contributed by atoms with E-state index < -0.39 is 10.7 Å². The predicted molar refractivity (Wildman–Crippen MR) is 86.4 cm³/mol. The van der Waals surface area contributed by atoms with Crippen molar-refractivity contribution in [2.24, 2.45) is 5.10 Å². The zero-order chi connectivity index (χ0) is 15.9. The van der Waals surface area contributed by atoms with Crippen LogP contribution in [0.5, 0.6) is 0 Å². The van der Waals surface area contributed by atoms with Crippen LogP contribution in [-0.2, 0) is 0 Å². The fourth-order valence-corrected chi connectivity index (χ4v) is 1.79. The van der Waals surface area contributed by atoms with Gasteiger partial charge in [0.25, 0.3) is 5.69 Å². The van der Waals surface area contributed by atoms with E-state index in [1.165, 1.54) is 24.4 Å². The molecular formula is C14H11FN4O2S. The fraction of sp³-hybridized carbons (Fsp3) is 0. The number of hydrogen-bond donors (Lipinski definition) is 2. The van der Waals surface area contributed by atoms with E-state index in [1.807, 2.05) is 0 Å². The first kappa shape index (κ1) is 15.5. The van der Waals surface area contributed by atoms with Crippen molar-refractivity contribution in [3.63, 3.8) is 0 Å². The summed E-state index contributed by atoms with van der Waals surface area (Å²) in [4.78, 5) is 10.4. The molecule has 0 aromatic heterocycles. The predicted octanol–water partition coefficient (Wildman–Crippen LogP) is 3.05. The van der Waals surface area contributed by atoms with E-state index in [9.17, 15) is 14.5 Å². The van der Waals surface area contributed by atoms with E-state index in [-0.39, 0.29) is 16.5 Å². The molecule has 2 aromatic rings. The molecule has 0 atom stereocenters. The smallest absolute Gasteiger partial charge is 0.292 e. The lowest BCUT2D eigenvalue weighted by molar-refractivity contribution is -0.383. The summed E-state index contributed by atoms with van der Waals surface area (Å²) in [6, 6.07) is 12.2. The number of para-hydroxylation sites is 2. The van der Waals surface area contributed by atoms with Crippen LogP contribution in [0.1, 0.15) is 5.56 Å². The van der Waals surface area contributed by atoms with Gasteiger partial charge in [-0.1, -0.05) is 30.3 Å². The molecule has 0 saturated heterocycles. The number of nitrogens with one attached hydrogen (secondary N) is 2. The van der Waals surface area contributed by atoms with E-state index in [2.05, 4.69) is 15.8 Å². The van der Waals surface area contributed by atoms with Crippen molar-refractivity contribution in [3.8, 4) is 0 Å². The van der Waals surface area contributed by atoms with Crippen LogP contribution in [0.2, 0.25) is 0 Å². The minimum Gasteiger partial charge on any atom is -0.326 e. The van der Waals surface area contributed by atoms with Gasteiger partial charge in [0.05, 0.1) is 11.1 Å². The molecule has 0 aliphatic rings. The zero-order valence-electron chi connectivity index (χ0n) is 11.2. The molecule has 2 rings (SSSR count). The number of nitrogens with zero attached hydrogens (tertiary/aromatic N) is 2. The molecule has 2 aromatic carbocycles. The van der Waals surface area contributed by atoms with Gasteiger partial charge in [-0.15, -0.1) is 0 Å². The van der Waals surface area contributed by atoms with Crippen LogP contribution in [0.15, 0.2) is 53.6 Å². The van der Waals surface area contributed by atoms with Crippen LogP contribution in [0.3, 0.4) is 0 Å². The van der Waals surface area contributed by atoms with Gasteiger partial charge in [0.2, 0.25) is 0 Å². The van der Waals surface area contributed by atoms with Gasteiger partial charge in [0.1, 0.15) is 11.5 Å². The van der Waals surface area contributed by atoms with E-state index in [4.69, 9.17) is 12.2 Å². The second kappa shape index (κ2) is 7.23. The maximum Gasteiger partial charge on any atom is 0.292 e. The van der Waals surface area contributed by atoms with Crippen LogP contribution in [-0.4, -0.2) is 16.3 Å². The highest BCUT2D eigenvalue weighted by molar-refractivity contribution is 7.80. The SMILES string of the molecule is O=[N+]([O-])c1ccccc1NC(=S)N/N=C\c1ccccc1F. The second-order valence-corrected chi connectivity index (χ2v) is 4.53. The standard InChI is InChI=1S/C14H11FN4O2S/c15-11-6-2-1-5-10(11)9-16-18-14(22)17-12-7-3-4-8-13(12)19(20)21/h1-9H,(H2,17,18,22)/b16-9-. The van der Waals surface area contributed by atoms with Gasteiger partial charge in [0, 0.05) is 11.6 Å². The van der Waals surface area contributed by atoms with Crippen molar-refractivity contribution >= 4 is 34.9 Å². The lowest BCUT2D eigenvalue weighted by Crippen LogP contribution is -2.24. The molecule has 0 radical (unpaired) electrons. The highest BCUT2D eigenvalue weighted by Gasteiger charge is 2.12. The normalized spacial score (nSPS) is 10.4. The lowest BCUT2D eigenvalue weighted by atomic mass is 10.2. The first-order valence-electron chi connectivity index (χ1n) is 6.16. The number of rotatable bonds is 4. The molecule has 0 bridgehead atoms. The molecule has 0 amide bonds. The summed E-state index contributed by atoms with van der Waals surface area (Å²) in [6.45, 7) is 0. The molecule has 0 saturated carbocycles. The monoisotopic (exact) mass is 318 g/mol. The third-order valence-corrected chi connectivity index (χ3v) is 2.82. The van der Waals surface area contributed by atoms with Crippen molar-refractivity contribution in [1.29, 1.82) is 0 Å².